The van der Waals surface area contributed by atoms with Crippen LogP contribution in [-0.2, 0) is 0 Å². The van der Waals surface area contributed by atoms with Gasteiger partial charge in [-0.15, -0.1) is 0 Å². The summed E-state index contributed by atoms with van der Waals surface area (Å²) in [6.07, 6.45) is 5.69. The number of likely N-dealkylation sites (tertiary alicyclic amines) is 2. The molecule has 1 unspecified atom stereocenters. The monoisotopic (exact) mass is 182 g/mol. The minimum Gasteiger partial charge on any atom is -0.302 e. The highest BCUT2D eigenvalue weighted by Crippen LogP contribution is 2.14. The summed E-state index contributed by atoms with van der Waals surface area (Å²) in [6, 6.07) is 0.792. The van der Waals surface area contributed by atoms with E-state index in [9.17, 15) is 0 Å². The van der Waals surface area contributed by atoms with Crippen molar-refractivity contribution in [1.82, 2.24) is 9.80 Å². The van der Waals surface area contributed by atoms with Gasteiger partial charge in [0.05, 0.1) is 0 Å². The second-order valence-corrected chi connectivity index (χ2v) is 4.60. The van der Waals surface area contributed by atoms with E-state index in [2.05, 4.69) is 16.7 Å². The third kappa shape index (κ3) is 2.44. The van der Waals surface area contributed by atoms with E-state index in [1.165, 1.54) is 58.4 Å². The van der Waals surface area contributed by atoms with Crippen molar-refractivity contribution in [2.75, 3.05) is 32.7 Å². The quantitative estimate of drug-likeness (QED) is 0.653. The average Bonchev–Trinajstić information content (AvgIpc) is 2.74. The first-order valence-electron chi connectivity index (χ1n) is 5.82. The minimum atomic E-state index is 0.792. The molecule has 0 radical (unpaired) electrons. The van der Waals surface area contributed by atoms with E-state index < -0.39 is 0 Å². The van der Waals surface area contributed by atoms with Gasteiger partial charge in [-0.1, -0.05) is 0 Å². The van der Waals surface area contributed by atoms with Gasteiger partial charge in [-0.2, -0.15) is 0 Å². The van der Waals surface area contributed by atoms with Gasteiger partial charge < -0.3 is 4.90 Å². The second-order valence-electron chi connectivity index (χ2n) is 4.60. The lowest BCUT2D eigenvalue weighted by Crippen LogP contribution is -2.39. The van der Waals surface area contributed by atoms with Gasteiger partial charge in [0.15, 0.2) is 0 Å². The van der Waals surface area contributed by atoms with Crippen molar-refractivity contribution in [3.63, 3.8) is 0 Å². The summed E-state index contributed by atoms with van der Waals surface area (Å²) in [7, 11) is 0. The molecule has 0 bridgehead atoms. The molecule has 2 heterocycles. The zero-order chi connectivity index (χ0) is 9.10. The van der Waals surface area contributed by atoms with Crippen molar-refractivity contribution in [3.8, 4) is 0 Å². The average molecular weight is 182 g/mol. The van der Waals surface area contributed by atoms with Crippen LogP contribution in [0.4, 0.5) is 0 Å². The van der Waals surface area contributed by atoms with Crippen molar-refractivity contribution in [3.05, 3.63) is 0 Å². The topological polar surface area (TPSA) is 6.48 Å². The Kier molecular flexibility index (Phi) is 3.23. The lowest BCUT2D eigenvalue weighted by atomic mass is 10.3. The molecule has 2 aliphatic rings. The van der Waals surface area contributed by atoms with Crippen LogP contribution in [0.25, 0.3) is 0 Å². The molecule has 2 saturated heterocycles. The molecule has 13 heavy (non-hydrogen) atoms. The molecule has 0 aromatic rings. The first-order chi connectivity index (χ1) is 6.36. The van der Waals surface area contributed by atoms with E-state index in [-0.39, 0.29) is 0 Å². The van der Waals surface area contributed by atoms with Crippen LogP contribution in [-0.4, -0.2) is 48.6 Å². The molecule has 2 rings (SSSR count). The molecule has 0 aromatic carbocycles. The van der Waals surface area contributed by atoms with E-state index in [1.54, 1.807) is 0 Å². The van der Waals surface area contributed by atoms with E-state index in [1.807, 2.05) is 0 Å². The van der Waals surface area contributed by atoms with Crippen LogP contribution in [0.2, 0.25) is 0 Å². The predicted octanol–water partition coefficient (Wildman–Crippen LogP) is 1.57. The molecule has 0 N–H and O–H groups in total. The maximum Gasteiger partial charge on any atom is 0.0194 e. The second kappa shape index (κ2) is 4.43. The van der Waals surface area contributed by atoms with Gasteiger partial charge in [0.2, 0.25) is 0 Å². The van der Waals surface area contributed by atoms with Crippen LogP contribution in [0.5, 0.6) is 0 Å². The van der Waals surface area contributed by atoms with Crippen molar-refractivity contribution in [2.24, 2.45) is 0 Å². The zero-order valence-corrected chi connectivity index (χ0v) is 8.84. The Balaban J connectivity index is 1.73. The van der Waals surface area contributed by atoms with Gasteiger partial charge in [-0.25, -0.2) is 0 Å². The van der Waals surface area contributed by atoms with Gasteiger partial charge >= 0.3 is 0 Å². The summed E-state index contributed by atoms with van der Waals surface area (Å²) < 4.78 is 0. The van der Waals surface area contributed by atoms with Crippen LogP contribution >= 0.6 is 0 Å². The van der Waals surface area contributed by atoms with Gasteiger partial charge in [0.1, 0.15) is 0 Å². The van der Waals surface area contributed by atoms with Gasteiger partial charge in [0, 0.05) is 12.6 Å². The number of nitrogens with zero attached hydrogens (tertiary/aromatic N) is 2. The normalized spacial score (nSPS) is 28.4. The first-order valence-corrected chi connectivity index (χ1v) is 5.82. The molecule has 2 heteroatoms. The zero-order valence-electron chi connectivity index (χ0n) is 8.84. The number of hydrogen-bond donors (Lipinski definition) is 0. The van der Waals surface area contributed by atoms with Crippen LogP contribution in [0.3, 0.4) is 0 Å². The Morgan fingerprint density at radius 3 is 2.08 bits per heavy atom. The third-order valence-corrected chi connectivity index (χ3v) is 3.49. The highest BCUT2D eigenvalue weighted by molar-refractivity contribution is 4.77. The Morgan fingerprint density at radius 1 is 0.923 bits per heavy atom. The molecule has 0 aliphatic carbocycles. The van der Waals surface area contributed by atoms with E-state index in [4.69, 9.17) is 0 Å². The standard InChI is InChI=1S/C11H22N2/c1-11(13-8-4-5-9-13)10-12-6-2-3-7-12/h11H,2-10H2,1H3. The maximum absolute atomic E-state index is 2.65. The van der Waals surface area contributed by atoms with E-state index in [0.29, 0.717) is 0 Å². The van der Waals surface area contributed by atoms with Crippen molar-refractivity contribution < 1.29 is 0 Å². The Morgan fingerprint density at radius 2 is 1.46 bits per heavy atom. The summed E-state index contributed by atoms with van der Waals surface area (Å²) in [4.78, 5) is 5.28. The van der Waals surface area contributed by atoms with Gasteiger partial charge in [-0.3, -0.25) is 4.90 Å². The first kappa shape index (κ1) is 9.47. The molecule has 1 atom stereocenters. The predicted molar refractivity (Wildman–Crippen MR) is 55.9 cm³/mol. The Labute approximate surface area is 81.9 Å². The third-order valence-electron chi connectivity index (χ3n) is 3.49. The largest absolute Gasteiger partial charge is 0.302 e. The van der Waals surface area contributed by atoms with Crippen molar-refractivity contribution in [2.45, 2.75) is 38.6 Å². The smallest absolute Gasteiger partial charge is 0.0194 e. The van der Waals surface area contributed by atoms with E-state index in [0.717, 1.165) is 6.04 Å². The van der Waals surface area contributed by atoms with Crippen molar-refractivity contribution in [1.29, 1.82) is 0 Å². The SMILES string of the molecule is CC(CN1CCCC1)N1CCCC1. The lowest BCUT2D eigenvalue weighted by molar-refractivity contribution is 0.192. The fraction of sp³-hybridized carbons (Fsp3) is 1.00. The fourth-order valence-corrected chi connectivity index (χ4v) is 2.64. The highest BCUT2D eigenvalue weighted by Gasteiger charge is 2.21. The Hall–Kier alpha value is -0.0800. The van der Waals surface area contributed by atoms with Gasteiger partial charge in [0.25, 0.3) is 0 Å². The van der Waals surface area contributed by atoms with Crippen LogP contribution in [0.15, 0.2) is 0 Å². The summed E-state index contributed by atoms with van der Waals surface area (Å²) in [5.74, 6) is 0. The minimum absolute atomic E-state index is 0.792. The number of hydrogen-bond acceptors (Lipinski definition) is 2. The number of rotatable bonds is 3. The molecule has 76 valence electrons. The molecular formula is C11H22N2. The van der Waals surface area contributed by atoms with Crippen molar-refractivity contribution >= 4 is 0 Å². The molecule has 0 amide bonds. The van der Waals surface area contributed by atoms with Crippen LogP contribution in [0.1, 0.15) is 32.6 Å². The van der Waals surface area contributed by atoms with Gasteiger partial charge in [-0.05, 0) is 58.8 Å². The molecule has 0 spiro atoms. The lowest BCUT2D eigenvalue weighted by Gasteiger charge is -2.27. The molecule has 0 saturated carbocycles. The molecule has 2 aliphatic heterocycles. The van der Waals surface area contributed by atoms with Crippen LogP contribution < -0.4 is 0 Å². The molecule has 0 aromatic heterocycles. The summed E-state index contributed by atoms with van der Waals surface area (Å²) in [5, 5.41) is 0. The molecule has 2 nitrogen and oxygen atoms in total. The summed E-state index contributed by atoms with van der Waals surface area (Å²) in [5.41, 5.74) is 0. The van der Waals surface area contributed by atoms with Crippen LogP contribution in [0, 0.1) is 0 Å². The maximum atomic E-state index is 2.65. The summed E-state index contributed by atoms with van der Waals surface area (Å²) >= 11 is 0. The Bertz CT molecular complexity index is 146. The summed E-state index contributed by atoms with van der Waals surface area (Å²) in [6.45, 7) is 9.07. The molecular weight excluding hydrogens is 160 g/mol. The van der Waals surface area contributed by atoms with E-state index >= 15 is 0 Å². The highest BCUT2D eigenvalue weighted by atomic mass is 15.2. The molecule has 2 fully saturated rings. The fourth-order valence-electron chi connectivity index (χ4n) is 2.64.